The van der Waals surface area contributed by atoms with E-state index in [1.165, 1.54) is 128 Å². The minimum absolute atomic E-state index is 0.0877. The van der Waals surface area contributed by atoms with E-state index in [1.54, 1.807) is 0 Å². The van der Waals surface area contributed by atoms with Gasteiger partial charge in [-0.2, -0.15) is 0 Å². The Labute approximate surface area is 347 Å². The van der Waals surface area contributed by atoms with Crippen LogP contribution < -0.4 is 0 Å². The van der Waals surface area contributed by atoms with Gasteiger partial charge in [-0.3, -0.25) is 13.8 Å². The third kappa shape index (κ3) is 44.1. The van der Waals surface area contributed by atoms with E-state index < -0.39 is 13.9 Å². The Morgan fingerprint density at radius 1 is 0.554 bits per heavy atom. The van der Waals surface area contributed by atoms with Gasteiger partial charge in [0, 0.05) is 13.0 Å². The number of esters is 1. The molecule has 0 rings (SSSR count). The largest absolute Gasteiger partial charge is 0.472 e. The highest BCUT2D eigenvalue weighted by Gasteiger charge is 2.26. The molecule has 0 radical (unpaired) electrons. The number of ether oxygens (including phenoxy) is 2. The van der Waals surface area contributed by atoms with Gasteiger partial charge in [0.15, 0.2) is 0 Å². The minimum atomic E-state index is -4.27. The van der Waals surface area contributed by atoms with Crippen LogP contribution >= 0.6 is 7.82 Å². The molecule has 0 aliphatic heterocycles. The van der Waals surface area contributed by atoms with Crippen molar-refractivity contribution in [3.63, 3.8) is 0 Å². The molecule has 2 atom stereocenters. The van der Waals surface area contributed by atoms with Gasteiger partial charge in [0.1, 0.15) is 19.3 Å². The minimum Gasteiger partial charge on any atom is -0.457 e. The van der Waals surface area contributed by atoms with Gasteiger partial charge in [-0.05, 0) is 38.5 Å². The molecule has 0 bridgehead atoms. The number of nitrogens with zero attached hydrogens (tertiary/aromatic N) is 1. The summed E-state index contributed by atoms with van der Waals surface area (Å²) in [6.07, 6.45) is 46.5. The number of allylic oxidation sites excluding steroid dienone is 4. The van der Waals surface area contributed by atoms with Gasteiger partial charge in [0.25, 0.3) is 0 Å². The Bertz CT molecular complexity index is 951. The lowest BCUT2D eigenvalue weighted by atomic mass is 10.0. The van der Waals surface area contributed by atoms with Gasteiger partial charge in [0.2, 0.25) is 0 Å². The van der Waals surface area contributed by atoms with Crippen LogP contribution in [0.25, 0.3) is 0 Å². The van der Waals surface area contributed by atoms with Gasteiger partial charge in [0.05, 0.1) is 34.4 Å². The van der Waals surface area contributed by atoms with Crippen LogP contribution in [-0.2, 0) is 27.9 Å². The summed E-state index contributed by atoms with van der Waals surface area (Å²) < 4.78 is 35.0. The molecule has 1 N–H and O–H groups in total. The smallest absolute Gasteiger partial charge is 0.457 e. The van der Waals surface area contributed by atoms with Crippen molar-refractivity contribution in [2.75, 3.05) is 54.1 Å². The molecule has 0 spiro atoms. The lowest BCUT2D eigenvalue weighted by molar-refractivity contribution is -0.870. The van der Waals surface area contributed by atoms with Crippen molar-refractivity contribution in [2.24, 2.45) is 0 Å². The van der Waals surface area contributed by atoms with Crippen molar-refractivity contribution in [3.05, 3.63) is 24.3 Å². The topological polar surface area (TPSA) is 91.3 Å². The fourth-order valence-corrected chi connectivity index (χ4v) is 7.33. The summed E-state index contributed by atoms with van der Waals surface area (Å²) in [7, 11) is 1.67. The first-order valence-electron chi connectivity index (χ1n) is 23.6. The van der Waals surface area contributed by atoms with Crippen molar-refractivity contribution in [3.8, 4) is 0 Å². The van der Waals surface area contributed by atoms with Crippen LogP contribution in [0.5, 0.6) is 0 Å². The molecule has 9 heteroatoms. The van der Waals surface area contributed by atoms with Gasteiger partial charge in [-0.1, -0.05) is 192 Å². The Balaban J connectivity index is 4.12. The van der Waals surface area contributed by atoms with E-state index in [0.717, 1.165) is 64.2 Å². The van der Waals surface area contributed by atoms with Crippen LogP contribution in [0.4, 0.5) is 0 Å². The van der Waals surface area contributed by atoms with E-state index >= 15 is 0 Å². The molecule has 0 aliphatic rings. The van der Waals surface area contributed by atoms with Crippen molar-refractivity contribution in [1.29, 1.82) is 0 Å². The van der Waals surface area contributed by atoms with Crippen molar-refractivity contribution in [2.45, 2.75) is 219 Å². The molecule has 0 heterocycles. The van der Waals surface area contributed by atoms with Gasteiger partial charge in [-0.25, -0.2) is 4.57 Å². The Morgan fingerprint density at radius 3 is 1.52 bits per heavy atom. The second-order valence-corrected chi connectivity index (χ2v) is 18.6. The zero-order valence-electron chi connectivity index (χ0n) is 37.6. The fourth-order valence-electron chi connectivity index (χ4n) is 6.59. The number of unbranched alkanes of at least 4 members (excludes halogenated alkanes) is 26. The molecule has 0 fully saturated rings. The van der Waals surface area contributed by atoms with Crippen molar-refractivity contribution < 1.29 is 37.3 Å². The van der Waals surface area contributed by atoms with Crippen LogP contribution in [0, 0.1) is 0 Å². The van der Waals surface area contributed by atoms with Crippen LogP contribution in [0.15, 0.2) is 24.3 Å². The average molecular weight is 815 g/mol. The SMILES string of the molecule is CCC/C=C\C/C=C\CCCCCCCC(=O)OC(COCCCCCCCCCCCCCCCCCCCCCCC)COP(=O)(O)OCC[N+](C)(C)C. The Morgan fingerprint density at radius 2 is 1.02 bits per heavy atom. The highest BCUT2D eigenvalue weighted by Crippen LogP contribution is 2.43. The number of hydrogen-bond donors (Lipinski definition) is 1. The lowest BCUT2D eigenvalue weighted by Crippen LogP contribution is -2.37. The predicted molar refractivity (Wildman–Crippen MR) is 238 cm³/mol. The Hall–Kier alpha value is -1.02. The summed E-state index contributed by atoms with van der Waals surface area (Å²) in [5, 5.41) is 0. The predicted octanol–water partition coefficient (Wildman–Crippen LogP) is 14.0. The van der Waals surface area contributed by atoms with Crippen molar-refractivity contribution in [1.82, 2.24) is 0 Å². The molecule has 8 nitrogen and oxygen atoms in total. The molecule has 0 amide bonds. The zero-order chi connectivity index (χ0) is 41.3. The summed E-state index contributed by atoms with van der Waals surface area (Å²) >= 11 is 0. The molecule has 56 heavy (non-hydrogen) atoms. The molecule has 0 aliphatic carbocycles. The number of phosphoric acid groups is 1. The van der Waals surface area contributed by atoms with E-state index in [2.05, 4.69) is 38.2 Å². The maximum absolute atomic E-state index is 12.7. The molecule has 0 saturated heterocycles. The summed E-state index contributed by atoms with van der Waals surface area (Å²) in [4.78, 5) is 22.9. The third-order valence-corrected chi connectivity index (χ3v) is 11.2. The van der Waals surface area contributed by atoms with Crippen molar-refractivity contribution >= 4 is 13.8 Å². The van der Waals surface area contributed by atoms with Crippen LogP contribution in [0.3, 0.4) is 0 Å². The van der Waals surface area contributed by atoms with E-state index in [9.17, 15) is 14.3 Å². The molecule has 0 aromatic rings. The molecule has 2 unspecified atom stereocenters. The van der Waals surface area contributed by atoms with E-state index in [1.807, 2.05) is 21.1 Å². The summed E-state index contributed by atoms with van der Waals surface area (Å²) in [6.45, 7) is 5.58. The fraction of sp³-hybridized carbons (Fsp3) is 0.894. The number of quaternary nitrogens is 1. The van der Waals surface area contributed by atoms with Gasteiger partial charge >= 0.3 is 13.8 Å². The normalized spacial score (nSPS) is 13.9. The maximum atomic E-state index is 12.7. The third-order valence-electron chi connectivity index (χ3n) is 10.2. The van der Waals surface area contributed by atoms with E-state index in [0.29, 0.717) is 24.1 Å². The summed E-state index contributed by atoms with van der Waals surface area (Å²) in [6, 6.07) is 0. The van der Waals surface area contributed by atoms with Gasteiger partial charge in [-0.15, -0.1) is 0 Å². The number of carbonyl (C=O) groups excluding carboxylic acids is 1. The monoisotopic (exact) mass is 815 g/mol. The summed E-state index contributed by atoms with van der Waals surface area (Å²) in [5.41, 5.74) is 0. The first-order chi connectivity index (χ1) is 27.1. The standard InChI is InChI=1S/C47H92NO7P/c1-6-8-10-12-14-16-18-20-21-22-23-24-25-26-27-29-31-33-35-37-39-42-52-44-46(45-54-56(50,51)53-43-41-48(3,4)5)55-47(49)40-38-36-34-32-30-28-19-17-15-13-11-9-7-2/h11,13,17,19,46H,6-10,12,14-16,18,20-45H2,1-5H3/p+1/b13-11-,19-17-. The quantitative estimate of drug-likeness (QED) is 0.0215. The molecule has 332 valence electrons. The number of carbonyl (C=O) groups is 1. The summed E-state index contributed by atoms with van der Waals surface area (Å²) in [5.74, 6) is -0.325. The van der Waals surface area contributed by atoms with E-state index in [4.69, 9.17) is 18.5 Å². The molecule has 0 aromatic carbocycles. The first kappa shape index (κ1) is 55.0. The maximum Gasteiger partial charge on any atom is 0.472 e. The van der Waals surface area contributed by atoms with Crippen LogP contribution in [0.1, 0.15) is 213 Å². The van der Waals surface area contributed by atoms with Crippen LogP contribution in [0.2, 0.25) is 0 Å². The highest BCUT2D eigenvalue weighted by atomic mass is 31.2. The number of hydrogen-bond acceptors (Lipinski definition) is 6. The number of phosphoric ester groups is 1. The van der Waals surface area contributed by atoms with Gasteiger partial charge < -0.3 is 18.9 Å². The first-order valence-corrected chi connectivity index (χ1v) is 25.1. The average Bonchev–Trinajstić information content (AvgIpc) is 3.15. The number of rotatable bonds is 44. The molecular weight excluding hydrogens is 721 g/mol. The zero-order valence-corrected chi connectivity index (χ0v) is 38.5. The molecule has 0 aromatic heterocycles. The highest BCUT2D eigenvalue weighted by molar-refractivity contribution is 7.47. The number of likely N-dealkylation sites (N-methyl/N-ethyl adjacent to an activating group) is 1. The molecular formula is C47H93NO7P+. The molecule has 0 saturated carbocycles. The second-order valence-electron chi connectivity index (χ2n) is 17.1. The second kappa shape index (κ2) is 40.7. The lowest BCUT2D eigenvalue weighted by Gasteiger charge is -2.24. The van der Waals surface area contributed by atoms with E-state index in [-0.39, 0.29) is 25.8 Å². The van der Waals surface area contributed by atoms with Crippen LogP contribution in [-0.4, -0.2) is 75.6 Å². The Kier molecular flexibility index (Phi) is 40.0.